The molecule has 3 aromatic rings. The fraction of sp³-hybridized carbons (Fsp3) is 0.214. The van der Waals surface area contributed by atoms with Crippen molar-refractivity contribution in [2.45, 2.75) is 4.90 Å². The molecule has 36 heavy (non-hydrogen) atoms. The average Bonchev–Trinajstić information content (AvgIpc) is 2.91. The van der Waals surface area contributed by atoms with E-state index in [1.807, 2.05) is 77.7 Å². The minimum Gasteiger partial charge on any atom is -0.497 e. The Morgan fingerprint density at radius 3 is 2.44 bits per heavy atom. The Morgan fingerprint density at radius 2 is 1.75 bits per heavy atom. The van der Waals surface area contributed by atoms with E-state index in [0.29, 0.717) is 28.6 Å². The predicted octanol–water partition coefficient (Wildman–Crippen LogP) is 5.42. The summed E-state index contributed by atoms with van der Waals surface area (Å²) in [6, 6.07) is 21.0. The van der Waals surface area contributed by atoms with Crippen molar-refractivity contribution >= 4 is 52.6 Å². The number of ether oxygens (including phenoxy) is 1. The van der Waals surface area contributed by atoms with Crippen molar-refractivity contribution in [2.75, 3.05) is 50.1 Å². The smallest absolute Gasteiger partial charge is 0.264 e. The largest absolute Gasteiger partial charge is 0.497 e. The van der Waals surface area contributed by atoms with Gasteiger partial charge in [-0.1, -0.05) is 41.6 Å². The highest BCUT2D eigenvalue weighted by molar-refractivity contribution is 8.04. The normalized spacial score (nSPS) is 16.8. The maximum absolute atomic E-state index is 13.3. The van der Waals surface area contributed by atoms with Crippen molar-refractivity contribution in [3.05, 3.63) is 87.8 Å². The van der Waals surface area contributed by atoms with Crippen LogP contribution in [-0.2, 0) is 4.79 Å². The Balaban J connectivity index is 1.30. The zero-order valence-electron chi connectivity index (χ0n) is 20.1. The van der Waals surface area contributed by atoms with Crippen molar-refractivity contribution in [1.29, 1.82) is 0 Å². The second-order valence-electron chi connectivity index (χ2n) is 8.69. The molecule has 0 bridgehead atoms. The third kappa shape index (κ3) is 4.94. The molecule has 0 saturated carbocycles. The van der Waals surface area contributed by atoms with E-state index in [9.17, 15) is 9.59 Å². The zero-order chi connectivity index (χ0) is 25.2. The topological polar surface area (TPSA) is 53.1 Å². The molecule has 8 heteroatoms. The van der Waals surface area contributed by atoms with E-state index in [0.717, 1.165) is 40.7 Å². The van der Waals surface area contributed by atoms with Gasteiger partial charge in [-0.2, -0.15) is 0 Å². The summed E-state index contributed by atoms with van der Waals surface area (Å²) in [6.45, 7) is 2.73. The summed E-state index contributed by atoms with van der Waals surface area (Å²) < 4.78 is 5.21. The Labute approximate surface area is 220 Å². The Hall–Kier alpha value is -3.42. The molecule has 2 aliphatic heterocycles. The summed E-state index contributed by atoms with van der Waals surface area (Å²) in [4.78, 5) is 33.7. The molecular formula is C28H26ClN3O3S. The molecule has 1 saturated heterocycles. The van der Waals surface area contributed by atoms with Crippen molar-refractivity contribution in [2.24, 2.45) is 0 Å². The molecular weight excluding hydrogens is 494 g/mol. The van der Waals surface area contributed by atoms with Gasteiger partial charge < -0.3 is 19.4 Å². The van der Waals surface area contributed by atoms with E-state index < -0.39 is 0 Å². The summed E-state index contributed by atoms with van der Waals surface area (Å²) in [5.74, 6) is 0.655. The molecule has 0 atom stereocenters. The van der Waals surface area contributed by atoms with Crippen LogP contribution in [-0.4, -0.2) is 57.1 Å². The molecule has 0 spiro atoms. The number of methoxy groups -OCH3 is 1. The van der Waals surface area contributed by atoms with Gasteiger partial charge in [-0.3, -0.25) is 9.59 Å². The van der Waals surface area contributed by atoms with Gasteiger partial charge in [0, 0.05) is 54.4 Å². The van der Waals surface area contributed by atoms with Crippen molar-refractivity contribution in [3.63, 3.8) is 0 Å². The molecule has 5 rings (SSSR count). The number of rotatable bonds is 4. The van der Waals surface area contributed by atoms with Crippen molar-refractivity contribution in [3.8, 4) is 5.75 Å². The van der Waals surface area contributed by atoms with Crippen LogP contribution in [0.1, 0.15) is 15.9 Å². The summed E-state index contributed by atoms with van der Waals surface area (Å²) in [5.41, 5.74) is 3.33. The van der Waals surface area contributed by atoms with Crippen LogP contribution >= 0.6 is 23.4 Å². The van der Waals surface area contributed by atoms with Crippen LogP contribution in [0.3, 0.4) is 0 Å². The van der Waals surface area contributed by atoms with Crippen LogP contribution in [0, 0.1) is 0 Å². The number of benzene rings is 3. The monoisotopic (exact) mass is 519 g/mol. The number of hydrogen-bond donors (Lipinski definition) is 0. The predicted molar refractivity (Wildman–Crippen MR) is 146 cm³/mol. The maximum Gasteiger partial charge on any atom is 0.264 e. The molecule has 0 unspecified atom stereocenters. The van der Waals surface area contributed by atoms with Crippen LogP contribution in [0.25, 0.3) is 6.08 Å². The molecule has 2 heterocycles. The number of thioether (sulfide) groups is 1. The van der Waals surface area contributed by atoms with E-state index in [1.165, 1.54) is 11.8 Å². The second-order valence-corrected chi connectivity index (χ2v) is 10.2. The third-order valence-electron chi connectivity index (χ3n) is 6.46. The fourth-order valence-electron chi connectivity index (χ4n) is 4.40. The summed E-state index contributed by atoms with van der Waals surface area (Å²) in [6.07, 6.45) is 1.88. The van der Waals surface area contributed by atoms with Crippen LogP contribution in [0.5, 0.6) is 5.75 Å². The van der Waals surface area contributed by atoms with Gasteiger partial charge in [-0.05, 0) is 60.2 Å². The Morgan fingerprint density at radius 1 is 1.00 bits per heavy atom. The van der Waals surface area contributed by atoms with Gasteiger partial charge >= 0.3 is 0 Å². The quantitative estimate of drug-likeness (QED) is 0.431. The van der Waals surface area contributed by atoms with Crippen LogP contribution in [0.2, 0.25) is 5.02 Å². The number of carbonyl (C=O) groups excluding carboxylic acids is 2. The molecule has 0 N–H and O–H groups in total. The molecule has 0 aromatic heterocycles. The summed E-state index contributed by atoms with van der Waals surface area (Å²) >= 11 is 7.56. The highest BCUT2D eigenvalue weighted by Crippen LogP contribution is 2.42. The summed E-state index contributed by atoms with van der Waals surface area (Å²) in [7, 11) is 3.38. The van der Waals surface area contributed by atoms with Crippen molar-refractivity contribution < 1.29 is 14.3 Å². The number of halogens is 1. The van der Waals surface area contributed by atoms with E-state index >= 15 is 0 Å². The number of fused-ring (bicyclic) bond motifs is 1. The molecule has 1 fully saturated rings. The molecule has 0 radical (unpaired) electrons. The summed E-state index contributed by atoms with van der Waals surface area (Å²) in [5, 5.41) is 0.707. The van der Waals surface area contributed by atoms with Gasteiger partial charge in [0.25, 0.3) is 11.8 Å². The first-order valence-corrected chi connectivity index (χ1v) is 12.9. The second kappa shape index (κ2) is 10.3. The highest BCUT2D eigenvalue weighted by atomic mass is 35.5. The number of nitrogens with zero attached hydrogens (tertiary/aromatic N) is 3. The maximum atomic E-state index is 13.3. The minimum absolute atomic E-state index is 0.0195. The standard InChI is InChI=1S/C28H26ClN3O3S/c1-30-24-17-20(27(33)32-14-12-31(13-15-32)22-5-3-4-21(29)18-22)8-11-25(24)36-26(28(30)34)16-19-6-9-23(35-2)10-7-19/h3-11,16-18H,12-15H2,1-2H3. The number of amides is 2. The van der Waals surface area contributed by atoms with Crippen LogP contribution in [0.4, 0.5) is 11.4 Å². The lowest BCUT2D eigenvalue weighted by molar-refractivity contribution is -0.114. The van der Waals surface area contributed by atoms with Gasteiger partial charge in [-0.15, -0.1) is 0 Å². The van der Waals surface area contributed by atoms with E-state index in [2.05, 4.69) is 4.90 Å². The third-order valence-corrected chi connectivity index (χ3v) is 7.77. The van der Waals surface area contributed by atoms with Gasteiger partial charge in [0.05, 0.1) is 17.7 Å². The number of carbonyl (C=O) groups is 2. The van der Waals surface area contributed by atoms with E-state index in [-0.39, 0.29) is 11.8 Å². The number of piperazine rings is 1. The average molecular weight is 520 g/mol. The first-order valence-electron chi connectivity index (χ1n) is 11.7. The van der Waals surface area contributed by atoms with Crippen LogP contribution < -0.4 is 14.5 Å². The molecule has 184 valence electrons. The highest BCUT2D eigenvalue weighted by Gasteiger charge is 2.29. The lowest BCUT2D eigenvalue weighted by atomic mass is 10.1. The molecule has 0 aliphatic carbocycles. The Kier molecular flexibility index (Phi) is 6.94. The SMILES string of the molecule is COc1ccc(C=C2Sc3ccc(C(=O)N4CCN(c5cccc(Cl)c5)CC4)cc3N(C)C2=O)cc1. The first-order chi connectivity index (χ1) is 17.4. The minimum atomic E-state index is -0.0944. The van der Waals surface area contributed by atoms with Crippen molar-refractivity contribution in [1.82, 2.24) is 4.90 Å². The Bertz CT molecular complexity index is 1330. The molecule has 2 aliphatic rings. The lowest BCUT2D eigenvalue weighted by Crippen LogP contribution is -2.48. The lowest BCUT2D eigenvalue weighted by Gasteiger charge is -2.36. The van der Waals surface area contributed by atoms with Crippen LogP contribution in [0.15, 0.2) is 76.5 Å². The number of anilines is 2. The fourth-order valence-corrected chi connectivity index (χ4v) is 5.68. The number of hydrogen-bond acceptors (Lipinski definition) is 5. The first kappa shape index (κ1) is 24.3. The number of likely N-dealkylation sites (N-methyl/N-ethyl adjacent to an activating group) is 1. The van der Waals surface area contributed by atoms with Gasteiger partial charge in [0.2, 0.25) is 0 Å². The van der Waals surface area contributed by atoms with Gasteiger partial charge in [0.15, 0.2) is 0 Å². The van der Waals surface area contributed by atoms with Gasteiger partial charge in [0.1, 0.15) is 5.75 Å². The van der Waals surface area contributed by atoms with Gasteiger partial charge in [-0.25, -0.2) is 0 Å². The molecule has 2 amide bonds. The molecule has 3 aromatic carbocycles. The van der Waals surface area contributed by atoms with E-state index in [1.54, 1.807) is 19.1 Å². The molecule has 6 nitrogen and oxygen atoms in total. The zero-order valence-corrected chi connectivity index (χ0v) is 21.7. The van der Waals surface area contributed by atoms with E-state index in [4.69, 9.17) is 16.3 Å².